The van der Waals surface area contributed by atoms with E-state index in [0.717, 1.165) is 31.6 Å². The molecule has 5 nitrogen and oxygen atoms in total. The third-order valence-electron chi connectivity index (χ3n) is 5.11. The summed E-state index contributed by atoms with van der Waals surface area (Å²) in [5.41, 5.74) is 1.68. The summed E-state index contributed by atoms with van der Waals surface area (Å²) in [5, 5.41) is 12.5. The largest absolute Gasteiger partial charge is 0.367 e. The predicted octanol–water partition coefficient (Wildman–Crippen LogP) is 3.11. The monoisotopic (exact) mass is 326 g/mol. The van der Waals surface area contributed by atoms with Crippen LogP contribution >= 0.6 is 0 Å². The van der Waals surface area contributed by atoms with Crippen LogP contribution in [-0.4, -0.2) is 43.2 Å². The van der Waals surface area contributed by atoms with Crippen LogP contribution in [0.1, 0.15) is 44.1 Å². The minimum absolute atomic E-state index is 0.0788. The number of anilines is 1. The highest BCUT2D eigenvalue weighted by Gasteiger charge is 2.24. The van der Waals surface area contributed by atoms with Gasteiger partial charge in [0.05, 0.1) is 11.3 Å². The molecule has 24 heavy (non-hydrogen) atoms. The Morgan fingerprint density at radius 2 is 1.71 bits per heavy atom. The number of rotatable bonds is 2. The van der Waals surface area contributed by atoms with Gasteiger partial charge in [-0.1, -0.05) is 37.8 Å². The fraction of sp³-hybridized carbons (Fsp3) is 0.579. The SMILES string of the molecule is N#Cc1ccccc1N1CCN(C(=O)NC2CCCCCC2)CC1. The Morgan fingerprint density at radius 1 is 1.04 bits per heavy atom. The molecule has 0 radical (unpaired) electrons. The maximum atomic E-state index is 12.5. The van der Waals surface area contributed by atoms with Crippen LogP contribution in [0.3, 0.4) is 0 Å². The van der Waals surface area contributed by atoms with Gasteiger partial charge in [0.25, 0.3) is 0 Å². The van der Waals surface area contributed by atoms with Gasteiger partial charge in [-0.3, -0.25) is 0 Å². The number of nitriles is 1. The van der Waals surface area contributed by atoms with Crippen molar-refractivity contribution in [3.05, 3.63) is 29.8 Å². The van der Waals surface area contributed by atoms with E-state index in [1.54, 1.807) is 0 Å². The molecule has 1 aliphatic heterocycles. The van der Waals surface area contributed by atoms with Gasteiger partial charge in [-0.05, 0) is 25.0 Å². The third kappa shape index (κ3) is 4.00. The highest BCUT2D eigenvalue weighted by molar-refractivity contribution is 5.75. The van der Waals surface area contributed by atoms with E-state index in [1.807, 2.05) is 29.2 Å². The zero-order valence-electron chi connectivity index (χ0n) is 14.2. The molecule has 2 amide bonds. The zero-order valence-corrected chi connectivity index (χ0v) is 14.2. The van der Waals surface area contributed by atoms with Crippen LogP contribution in [-0.2, 0) is 0 Å². The minimum Gasteiger partial charge on any atom is -0.367 e. The zero-order chi connectivity index (χ0) is 16.8. The smallest absolute Gasteiger partial charge is 0.317 e. The fourth-order valence-electron chi connectivity index (χ4n) is 3.68. The van der Waals surface area contributed by atoms with Crippen LogP contribution < -0.4 is 10.2 Å². The van der Waals surface area contributed by atoms with Crippen LogP contribution in [0.5, 0.6) is 0 Å². The van der Waals surface area contributed by atoms with Gasteiger partial charge < -0.3 is 15.1 Å². The summed E-state index contributed by atoms with van der Waals surface area (Å²) >= 11 is 0. The summed E-state index contributed by atoms with van der Waals surface area (Å²) in [7, 11) is 0. The van der Waals surface area contributed by atoms with Crippen LogP contribution in [0.15, 0.2) is 24.3 Å². The average Bonchev–Trinajstić information content (AvgIpc) is 2.90. The minimum atomic E-state index is 0.0788. The first kappa shape index (κ1) is 16.6. The summed E-state index contributed by atoms with van der Waals surface area (Å²) in [6.07, 6.45) is 7.27. The van der Waals surface area contributed by atoms with Crippen LogP contribution in [0, 0.1) is 11.3 Å². The van der Waals surface area contributed by atoms with Crippen molar-refractivity contribution >= 4 is 11.7 Å². The molecule has 1 N–H and O–H groups in total. The second kappa shape index (κ2) is 8.05. The van der Waals surface area contributed by atoms with E-state index in [9.17, 15) is 10.1 Å². The number of para-hydroxylation sites is 1. The van der Waals surface area contributed by atoms with Crippen molar-refractivity contribution in [3.63, 3.8) is 0 Å². The number of piperazine rings is 1. The molecule has 0 unspecified atom stereocenters. The van der Waals surface area contributed by atoms with Crippen molar-refractivity contribution in [1.82, 2.24) is 10.2 Å². The summed E-state index contributed by atoms with van der Waals surface area (Å²) < 4.78 is 0. The molecule has 0 aromatic heterocycles. The maximum Gasteiger partial charge on any atom is 0.317 e. The number of carbonyl (C=O) groups excluding carboxylic acids is 1. The van der Waals surface area contributed by atoms with E-state index < -0.39 is 0 Å². The Labute approximate surface area is 144 Å². The summed E-state index contributed by atoms with van der Waals surface area (Å²) in [5.74, 6) is 0. The Balaban J connectivity index is 1.53. The van der Waals surface area contributed by atoms with Crippen molar-refractivity contribution in [1.29, 1.82) is 5.26 Å². The lowest BCUT2D eigenvalue weighted by Gasteiger charge is -2.37. The normalized spacial score (nSPS) is 19.5. The van der Waals surface area contributed by atoms with Crippen molar-refractivity contribution < 1.29 is 4.79 Å². The van der Waals surface area contributed by atoms with Crippen LogP contribution in [0.4, 0.5) is 10.5 Å². The molecule has 1 aromatic rings. The molecule has 1 heterocycles. The summed E-state index contributed by atoms with van der Waals surface area (Å²) in [4.78, 5) is 16.6. The molecule has 1 aromatic carbocycles. The maximum absolute atomic E-state index is 12.5. The van der Waals surface area contributed by atoms with Gasteiger partial charge in [0.2, 0.25) is 0 Å². The number of nitrogens with zero attached hydrogens (tertiary/aromatic N) is 3. The van der Waals surface area contributed by atoms with E-state index >= 15 is 0 Å². The predicted molar refractivity (Wildman–Crippen MR) is 95.0 cm³/mol. The fourth-order valence-corrected chi connectivity index (χ4v) is 3.68. The Kier molecular flexibility index (Phi) is 5.58. The first-order chi connectivity index (χ1) is 11.8. The molecular formula is C19H26N4O. The Morgan fingerprint density at radius 3 is 2.38 bits per heavy atom. The van der Waals surface area contributed by atoms with Crippen molar-refractivity contribution in [2.45, 2.75) is 44.6 Å². The quantitative estimate of drug-likeness (QED) is 0.850. The molecule has 128 valence electrons. The highest BCUT2D eigenvalue weighted by atomic mass is 16.2. The summed E-state index contributed by atoms with van der Waals surface area (Å²) in [6, 6.07) is 10.4. The molecule has 1 saturated carbocycles. The molecule has 5 heteroatoms. The first-order valence-corrected chi connectivity index (χ1v) is 9.07. The standard InChI is InChI=1S/C19H26N4O/c20-15-16-7-5-6-10-18(16)22-11-13-23(14-12-22)19(24)21-17-8-3-1-2-4-9-17/h5-7,10,17H,1-4,8-9,11-14H2,(H,21,24). The number of carbonyl (C=O) groups is 1. The number of hydrogen-bond acceptors (Lipinski definition) is 3. The van der Waals surface area contributed by atoms with Gasteiger partial charge in [-0.25, -0.2) is 4.79 Å². The topological polar surface area (TPSA) is 59.4 Å². The number of urea groups is 1. The summed E-state index contributed by atoms with van der Waals surface area (Å²) in [6.45, 7) is 2.96. The Hall–Kier alpha value is -2.22. The van der Waals surface area contributed by atoms with E-state index in [1.165, 1.54) is 25.7 Å². The number of benzene rings is 1. The van der Waals surface area contributed by atoms with Gasteiger partial charge in [0, 0.05) is 32.2 Å². The van der Waals surface area contributed by atoms with Crippen molar-refractivity contribution in [3.8, 4) is 6.07 Å². The molecule has 0 bridgehead atoms. The second-order valence-corrected chi connectivity index (χ2v) is 6.74. The van der Waals surface area contributed by atoms with E-state index in [4.69, 9.17) is 0 Å². The molecule has 2 aliphatic rings. The molecular weight excluding hydrogens is 300 g/mol. The van der Waals surface area contributed by atoms with E-state index in [0.29, 0.717) is 24.7 Å². The van der Waals surface area contributed by atoms with Gasteiger partial charge in [0.1, 0.15) is 6.07 Å². The lowest BCUT2D eigenvalue weighted by atomic mass is 10.1. The number of amides is 2. The molecule has 0 spiro atoms. The van der Waals surface area contributed by atoms with Crippen LogP contribution in [0.25, 0.3) is 0 Å². The highest BCUT2D eigenvalue weighted by Crippen LogP contribution is 2.21. The van der Waals surface area contributed by atoms with Gasteiger partial charge in [0.15, 0.2) is 0 Å². The molecule has 3 rings (SSSR count). The molecule has 0 atom stereocenters. The average molecular weight is 326 g/mol. The first-order valence-electron chi connectivity index (χ1n) is 9.07. The second-order valence-electron chi connectivity index (χ2n) is 6.74. The van der Waals surface area contributed by atoms with Crippen molar-refractivity contribution in [2.24, 2.45) is 0 Å². The van der Waals surface area contributed by atoms with E-state index in [2.05, 4.69) is 16.3 Å². The lowest BCUT2D eigenvalue weighted by Crippen LogP contribution is -2.53. The number of nitrogens with one attached hydrogen (secondary N) is 1. The van der Waals surface area contributed by atoms with Gasteiger partial charge in [-0.2, -0.15) is 5.26 Å². The van der Waals surface area contributed by atoms with E-state index in [-0.39, 0.29) is 6.03 Å². The van der Waals surface area contributed by atoms with Gasteiger partial charge in [-0.15, -0.1) is 0 Å². The lowest BCUT2D eigenvalue weighted by molar-refractivity contribution is 0.189. The molecule has 1 saturated heterocycles. The molecule has 1 aliphatic carbocycles. The van der Waals surface area contributed by atoms with Crippen LogP contribution in [0.2, 0.25) is 0 Å². The Bertz CT molecular complexity index is 594. The molecule has 2 fully saturated rings. The van der Waals surface area contributed by atoms with Gasteiger partial charge >= 0.3 is 6.03 Å². The third-order valence-corrected chi connectivity index (χ3v) is 5.11. The van der Waals surface area contributed by atoms with Crippen molar-refractivity contribution in [2.75, 3.05) is 31.1 Å². The number of hydrogen-bond donors (Lipinski definition) is 1.